The summed E-state index contributed by atoms with van der Waals surface area (Å²) in [6.45, 7) is 3.65. The largest absolute Gasteiger partial charge is 0.299 e. The van der Waals surface area contributed by atoms with Crippen LogP contribution in [0.25, 0.3) is 0 Å². The van der Waals surface area contributed by atoms with E-state index in [1.165, 1.54) is 18.2 Å². The minimum absolute atomic E-state index is 0.0399. The van der Waals surface area contributed by atoms with Crippen molar-refractivity contribution in [2.75, 3.05) is 11.4 Å². The first-order valence-electron chi connectivity index (χ1n) is 4.50. The Labute approximate surface area is 99.7 Å². The summed E-state index contributed by atoms with van der Waals surface area (Å²) in [7, 11) is 0. The first kappa shape index (κ1) is 11.0. The molecule has 1 aromatic rings. The summed E-state index contributed by atoms with van der Waals surface area (Å²) in [6.07, 6.45) is 0. The van der Waals surface area contributed by atoms with Crippen molar-refractivity contribution in [2.45, 2.75) is 0 Å². The lowest BCUT2D eigenvalue weighted by Crippen LogP contribution is -2.31. The fraction of sp³-hybridized carbons (Fsp3) is 0.0909. The van der Waals surface area contributed by atoms with Crippen LogP contribution in [-0.4, -0.2) is 18.2 Å². The van der Waals surface area contributed by atoms with Crippen molar-refractivity contribution in [1.82, 2.24) is 0 Å². The van der Waals surface area contributed by atoms with Crippen molar-refractivity contribution in [1.29, 1.82) is 0 Å². The van der Waals surface area contributed by atoms with Gasteiger partial charge in [0.2, 0.25) is 0 Å². The Bertz CT molecular complexity index is 513. The van der Waals surface area contributed by atoms with E-state index < -0.39 is 17.5 Å². The molecule has 0 saturated heterocycles. The zero-order chi connectivity index (χ0) is 11.9. The molecule has 0 bridgehead atoms. The molecule has 0 radical (unpaired) electrons. The zero-order valence-corrected chi connectivity index (χ0v) is 9.75. The summed E-state index contributed by atoms with van der Waals surface area (Å²) in [4.78, 5) is 24.2. The normalized spacial score (nSPS) is 14.2. The van der Waals surface area contributed by atoms with Gasteiger partial charge in [0.1, 0.15) is 5.82 Å². The predicted molar refractivity (Wildman–Crippen MR) is 61.2 cm³/mol. The number of rotatable bonds is 2. The number of fused-ring (bicyclic) bond motifs is 1. The number of ketones is 1. The van der Waals surface area contributed by atoms with E-state index >= 15 is 0 Å². The van der Waals surface area contributed by atoms with E-state index in [1.807, 2.05) is 0 Å². The summed E-state index contributed by atoms with van der Waals surface area (Å²) in [5, 5.41) is 0. The Morgan fingerprint density at radius 3 is 2.75 bits per heavy atom. The van der Waals surface area contributed by atoms with E-state index in [2.05, 4.69) is 22.5 Å². The molecule has 0 aromatic heterocycles. The fourth-order valence-electron chi connectivity index (χ4n) is 1.63. The third kappa shape index (κ3) is 1.57. The SMILES string of the molecule is C=C(Br)CN1C(=O)C(=O)c2cccc(F)c21. The van der Waals surface area contributed by atoms with Gasteiger partial charge in [-0.1, -0.05) is 28.6 Å². The van der Waals surface area contributed by atoms with Gasteiger partial charge in [0.05, 0.1) is 17.8 Å². The van der Waals surface area contributed by atoms with Gasteiger partial charge >= 0.3 is 0 Å². The first-order chi connectivity index (χ1) is 7.52. The Morgan fingerprint density at radius 1 is 1.44 bits per heavy atom. The van der Waals surface area contributed by atoms with E-state index in [1.54, 1.807) is 0 Å². The van der Waals surface area contributed by atoms with Crippen molar-refractivity contribution >= 4 is 33.3 Å². The second-order valence-corrected chi connectivity index (χ2v) is 4.50. The molecular weight excluding hydrogens is 277 g/mol. The Balaban J connectivity index is 2.56. The molecule has 0 spiro atoms. The summed E-state index contributed by atoms with van der Waals surface area (Å²) >= 11 is 3.09. The van der Waals surface area contributed by atoms with Crippen LogP contribution in [0.2, 0.25) is 0 Å². The molecule has 82 valence electrons. The van der Waals surface area contributed by atoms with Crippen molar-refractivity contribution in [3.8, 4) is 0 Å². The average Bonchev–Trinajstić information content (AvgIpc) is 2.45. The molecule has 1 amide bonds. The number of halogens is 2. The number of hydrogen-bond acceptors (Lipinski definition) is 2. The smallest absolute Gasteiger partial charge is 0.297 e. The van der Waals surface area contributed by atoms with E-state index in [9.17, 15) is 14.0 Å². The van der Waals surface area contributed by atoms with Crippen molar-refractivity contribution in [3.05, 3.63) is 40.6 Å². The van der Waals surface area contributed by atoms with Gasteiger partial charge in [-0.05, 0) is 12.1 Å². The lowest BCUT2D eigenvalue weighted by Gasteiger charge is -2.15. The molecule has 5 heteroatoms. The van der Waals surface area contributed by atoms with Gasteiger partial charge in [-0.3, -0.25) is 14.5 Å². The molecule has 3 nitrogen and oxygen atoms in total. The molecule has 1 aliphatic heterocycles. The summed E-state index contributed by atoms with van der Waals surface area (Å²) in [6, 6.07) is 4.07. The second kappa shape index (κ2) is 3.83. The molecule has 0 saturated carbocycles. The molecule has 2 rings (SSSR count). The Kier molecular flexibility index (Phi) is 2.63. The van der Waals surface area contributed by atoms with Gasteiger partial charge < -0.3 is 0 Å². The van der Waals surface area contributed by atoms with Crippen molar-refractivity contribution < 1.29 is 14.0 Å². The van der Waals surface area contributed by atoms with Crippen LogP contribution in [0.4, 0.5) is 10.1 Å². The minimum atomic E-state index is -0.722. The van der Waals surface area contributed by atoms with Crippen molar-refractivity contribution in [2.24, 2.45) is 0 Å². The van der Waals surface area contributed by atoms with Crippen LogP contribution in [-0.2, 0) is 4.79 Å². The van der Waals surface area contributed by atoms with Crippen molar-refractivity contribution in [3.63, 3.8) is 0 Å². The Hall–Kier alpha value is -1.49. The number of anilines is 1. The highest BCUT2D eigenvalue weighted by Gasteiger charge is 2.37. The number of Topliss-reactive ketones (excluding diaryl/α,β-unsaturated/α-hetero) is 1. The van der Waals surface area contributed by atoms with E-state index in [-0.39, 0.29) is 17.8 Å². The molecule has 0 fully saturated rings. The maximum absolute atomic E-state index is 13.5. The minimum Gasteiger partial charge on any atom is -0.297 e. The average molecular weight is 284 g/mol. The lowest BCUT2D eigenvalue weighted by molar-refractivity contribution is -0.114. The van der Waals surface area contributed by atoms with Crippen LogP contribution >= 0.6 is 15.9 Å². The molecule has 1 aromatic carbocycles. The summed E-state index contributed by atoms with van der Waals surface area (Å²) < 4.78 is 14.1. The number of amides is 1. The van der Waals surface area contributed by atoms with E-state index in [0.29, 0.717) is 4.48 Å². The monoisotopic (exact) mass is 283 g/mol. The third-order valence-corrected chi connectivity index (χ3v) is 2.52. The van der Waals surface area contributed by atoms with E-state index in [0.717, 1.165) is 4.90 Å². The van der Waals surface area contributed by atoms with Gasteiger partial charge in [0.15, 0.2) is 0 Å². The predicted octanol–water partition coefficient (Wildman–Crippen LogP) is 2.26. The second-order valence-electron chi connectivity index (χ2n) is 3.37. The lowest BCUT2D eigenvalue weighted by atomic mass is 10.1. The highest BCUT2D eigenvalue weighted by molar-refractivity contribution is 9.11. The topological polar surface area (TPSA) is 37.4 Å². The van der Waals surface area contributed by atoms with Crippen LogP contribution in [0.1, 0.15) is 10.4 Å². The molecule has 0 N–H and O–H groups in total. The van der Waals surface area contributed by atoms with E-state index in [4.69, 9.17) is 0 Å². The van der Waals surface area contributed by atoms with Gasteiger partial charge in [-0.25, -0.2) is 4.39 Å². The standard InChI is InChI=1S/C11H7BrFNO2/c1-6(12)5-14-9-7(10(15)11(14)16)3-2-4-8(9)13/h2-4H,1,5H2. The molecule has 1 aliphatic rings. The number of nitrogens with zero attached hydrogens (tertiary/aromatic N) is 1. The van der Waals surface area contributed by atoms with Gasteiger partial charge in [-0.15, -0.1) is 0 Å². The maximum Gasteiger partial charge on any atom is 0.299 e. The molecule has 0 unspecified atom stereocenters. The summed E-state index contributed by atoms with van der Waals surface area (Å²) in [5.74, 6) is -1.98. The highest BCUT2D eigenvalue weighted by atomic mass is 79.9. The molecule has 1 heterocycles. The zero-order valence-electron chi connectivity index (χ0n) is 8.17. The molecular formula is C11H7BrFNO2. The number of para-hydroxylation sites is 1. The number of carbonyl (C=O) groups excluding carboxylic acids is 2. The highest BCUT2D eigenvalue weighted by Crippen LogP contribution is 2.32. The van der Waals surface area contributed by atoms with Gasteiger partial charge in [-0.2, -0.15) is 0 Å². The molecule has 0 aliphatic carbocycles. The Morgan fingerprint density at radius 2 is 2.12 bits per heavy atom. The fourth-order valence-corrected chi connectivity index (χ4v) is 1.89. The third-order valence-electron chi connectivity index (χ3n) is 2.27. The number of benzene rings is 1. The van der Waals surface area contributed by atoms with Crippen LogP contribution in [0.15, 0.2) is 29.3 Å². The maximum atomic E-state index is 13.5. The van der Waals surface area contributed by atoms with Crippen LogP contribution < -0.4 is 4.90 Å². The summed E-state index contributed by atoms with van der Waals surface area (Å²) in [5.41, 5.74) is 0.150. The molecule has 0 atom stereocenters. The van der Waals surface area contributed by atoms with Crippen LogP contribution in [0, 0.1) is 5.82 Å². The van der Waals surface area contributed by atoms with Gasteiger partial charge in [0.25, 0.3) is 11.7 Å². The number of carbonyl (C=O) groups is 2. The quantitative estimate of drug-likeness (QED) is 0.781. The van der Waals surface area contributed by atoms with Gasteiger partial charge in [0, 0.05) is 4.48 Å². The van der Waals surface area contributed by atoms with Crippen LogP contribution in [0.5, 0.6) is 0 Å². The number of hydrogen-bond donors (Lipinski definition) is 0. The first-order valence-corrected chi connectivity index (χ1v) is 5.29. The molecule has 16 heavy (non-hydrogen) atoms. The van der Waals surface area contributed by atoms with Crippen LogP contribution in [0.3, 0.4) is 0 Å².